The second kappa shape index (κ2) is 4.90. The topological polar surface area (TPSA) is 42.7 Å². The number of methoxy groups -OCH3 is 1. The molecule has 4 nitrogen and oxygen atoms in total. The van der Waals surface area contributed by atoms with Crippen molar-refractivity contribution >= 4 is 11.6 Å². The molecule has 0 saturated carbocycles. The third-order valence-corrected chi connectivity index (χ3v) is 3.46. The first kappa shape index (κ1) is 12.0. The minimum Gasteiger partial charge on any atom is -0.472 e. The Morgan fingerprint density at radius 1 is 1.37 bits per heavy atom. The number of para-hydroxylation sites is 1. The molecule has 2 heterocycles. The molecule has 1 aromatic carbocycles. The van der Waals surface area contributed by atoms with E-state index in [4.69, 9.17) is 9.15 Å². The fourth-order valence-corrected chi connectivity index (χ4v) is 2.45. The minimum absolute atomic E-state index is 0.0331. The van der Waals surface area contributed by atoms with E-state index in [0.717, 1.165) is 17.7 Å². The molecule has 0 spiro atoms. The van der Waals surface area contributed by atoms with Gasteiger partial charge in [-0.3, -0.25) is 4.79 Å². The summed E-state index contributed by atoms with van der Waals surface area (Å²) < 4.78 is 10.4. The molecule has 3 rings (SSSR count). The number of ether oxygens (including phenoxy) is 1. The van der Waals surface area contributed by atoms with Crippen molar-refractivity contribution in [1.82, 2.24) is 0 Å². The summed E-state index contributed by atoms with van der Waals surface area (Å²) in [4.78, 5) is 14.3. The van der Waals surface area contributed by atoms with Gasteiger partial charge in [-0.2, -0.15) is 0 Å². The average Bonchev–Trinajstić information content (AvgIpc) is 2.99. The first-order valence-electron chi connectivity index (χ1n) is 6.24. The Morgan fingerprint density at radius 3 is 2.95 bits per heavy atom. The molecule has 0 saturated heterocycles. The fourth-order valence-electron chi connectivity index (χ4n) is 2.45. The monoisotopic (exact) mass is 257 g/mol. The summed E-state index contributed by atoms with van der Waals surface area (Å²) in [6.07, 6.45) is 3.85. The maximum absolute atomic E-state index is 12.5. The van der Waals surface area contributed by atoms with E-state index in [2.05, 4.69) is 0 Å². The minimum atomic E-state index is -0.0528. The number of rotatable bonds is 2. The number of nitrogens with zero attached hydrogens (tertiary/aromatic N) is 1. The Labute approximate surface area is 111 Å². The molecule has 1 aliphatic rings. The molecule has 1 amide bonds. The summed E-state index contributed by atoms with van der Waals surface area (Å²) >= 11 is 0. The van der Waals surface area contributed by atoms with E-state index in [1.807, 2.05) is 24.3 Å². The molecule has 0 bridgehead atoms. The van der Waals surface area contributed by atoms with E-state index in [0.29, 0.717) is 12.1 Å². The lowest BCUT2D eigenvalue weighted by Gasteiger charge is -2.33. The quantitative estimate of drug-likeness (QED) is 0.830. The Bertz CT molecular complexity index is 577. The van der Waals surface area contributed by atoms with Crippen molar-refractivity contribution in [3.8, 4) is 0 Å². The standard InChI is InChI=1S/C15H15NO3/c1-18-13-8-11-4-2-3-5-14(11)16(9-13)15(17)12-6-7-19-10-12/h2-7,10,13H,8-9H2,1H3/t13-/m0/s1. The SMILES string of the molecule is CO[C@H]1Cc2ccccc2N(C(=O)c2ccoc2)C1. The van der Waals surface area contributed by atoms with Gasteiger partial charge >= 0.3 is 0 Å². The van der Waals surface area contributed by atoms with E-state index < -0.39 is 0 Å². The summed E-state index contributed by atoms with van der Waals surface area (Å²) in [6, 6.07) is 9.62. The molecule has 4 heteroatoms. The molecule has 2 aromatic rings. The summed E-state index contributed by atoms with van der Waals surface area (Å²) in [5.74, 6) is -0.0528. The molecule has 1 atom stereocenters. The van der Waals surface area contributed by atoms with Crippen molar-refractivity contribution in [3.63, 3.8) is 0 Å². The van der Waals surface area contributed by atoms with Gasteiger partial charge in [0, 0.05) is 19.2 Å². The first-order chi connectivity index (χ1) is 9.29. The molecular formula is C15H15NO3. The first-order valence-corrected chi connectivity index (χ1v) is 6.24. The largest absolute Gasteiger partial charge is 0.472 e. The maximum atomic E-state index is 12.5. The number of anilines is 1. The van der Waals surface area contributed by atoms with Gasteiger partial charge < -0.3 is 14.1 Å². The van der Waals surface area contributed by atoms with Crippen LogP contribution in [0.3, 0.4) is 0 Å². The summed E-state index contributed by atoms with van der Waals surface area (Å²) in [5, 5.41) is 0. The number of hydrogen-bond acceptors (Lipinski definition) is 3. The van der Waals surface area contributed by atoms with Crippen LogP contribution in [0.25, 0.3) is 0 Å². The highest BCUT2D eigenvalue weighted by Crippen LogP contribution is 2.29. The molecule has 19 heavy (non-hydrogen) atoms. The van der Waals surface area contributed by atoms with Crippen LogP contribution in [0.15, 0.2) is 47.3 Å². The van der Waals surface area contributed by atoms with Crippen LogP contribution in [0.1, 0.15) is 15.9 Å². The van der Waals surface area contributed by atoms with Gasteiger partial charge in [0.1, 0.15) is 6.26 Å². The van der Waals surface area contributed by atoms with Gasteiger partial charge in [0.15, 0.2) is 0 Å². The van der Waals surface area contributed by atoms with Gasteiger partial charge in [-0.25, -0.2) is 0 Å². The molecule has 0 radical (unpaired) electrons. The van der Waals surface area contributed by atoms with Crippen molar-refractivity contribution in [2.45, 2.75) is 12.5 Å². The highest BCUT2D eigenvalue weighted by atomic mass is 16.5. The van der Waals surface area contributed by atoms with Crippen molar-refractivity contribution in [2.75, 3.05) is 18.6 Å². The van der Waals surface area contributed by atoms with Crippen LogP contribution in [-0.2, 0) is 11.2 Å². The Balaban J connectivity index is 1.98. The Hall–Kier alpha value is -2.07. The van der Waals surface area contributed by atoms with Gasteiger partial charge in [0.05, 0.1) is 24.5 Å². The normalized spacial score (nSPS) is 18.2. The predicted molar refractivity (Wildman–Crippen MR) is 71.3 cm³/mol. The second-order valence-corrected chi connectivity index (χ2v) is 4.62. The van der Waals surface area contributed by atoms with Gasteiger partial charge in [-0.1, -0.05) is 18.2 Å². The van der Waals surface area contributed by atoms with Gasteiger partial charge in [-0.15, -0.1) is 0 Å². The van der Waals surface area contributed by atoms with Gasteiger partial charge in [0.2, 0.25) is 0 Å². The predicted octanol–water partition coefficient (Wildman–Crippen LogP) is 2.50. The van der Waals surface area contributed by atoms with Gasteiger partial charge in [-0.05, 0) is 17.7 Å². The van der Waals surface area contributed by atoms with Crippen LogP contribution in [0.5, 0.6) is 0 Å². The number of carbonyl (C=O) groups excluding carboxylic acids is 1. The number of fused-ring (bicyclic) bond motifs is 1. The van der Waals surface area contributed by atoms with Gasteiger partial charge in [0.25, 0.3) is 5.91 Å². The van der Waals surface area contributed by atoms with Crippen molar-refractivity contribution in [2.24, 2.45) is 0 Å². The molecule has 0 unspecified atom stereocenters. The smallest absolute Gasteiger partial charge is 0.261 e. The van der Waals surface area contributed by atoms with E-state index in [-0.39, 0.29) is 12.0 Å². The lowest BCUT2D eigenvalue weighted by atomic mass is 9.99. The highest BCUT2D eigenvalue weighted by molar-refractivity contribution is 6.06. The van der Waals surface area contributed by atoms with E-state index in [9.17, 15) is 4.79 Å². The molecule has 0 N–H and O–H groups in total. The summed E-state index contributed by atoms with van der Waals surface area (Å²) in [6.45, 7) is 0.567. The Kier molecular flexibility index (Phi) is 3.09. The molecule has 0 fully saturated rings. The van der Waals surface area contributed by atoms with Crippen molar-refractivity contribution in [3.05, 3.63) is 54.0 Å². The van der Waals surface area contributed by atoms with Crippen LogP contribution in [-0.4, -0.2) is 25.7 Å². The lowest BCUT2D eigenvalue weighted by molar-refractivity contribution is 0.0870. The second-order valence-electron chi connectivity index (χ2n) is 4.62. The van der Waals surface area contributed by atoms with Crippen LogP contribution in [0, 0.1) is 0 Å². The number of benzene rings is 1. The van der Waals surface area contributed by atoms with Crippen LogP contribution in [0.2, 0.25) is 0 Å². The summed E-state index contributed by atoms with van der Waals surface area (Å²) in [7, 11) is 1.68. The third-order valence-electron chi connectivity index (χ3n) is 3.46. The zero-order valence-corrected chi connectivity index (χ0v) is 10.7. The summed E-state index contributed by atoms with van der Waals surface area (Å²) in [5.41, 5.74) is 2.66. The van der Waals surface area contributed by atoms with Crippen LogP contribution >= 0.6 is 0 Å². The molecule has 0 aliphatic carbocycles. The molecule has 98 valence electrons. The van der Waals surface area contributed by atoms with Crippen LogP contribution in [0.4, 0.5) is 5.69 Å². The zero-order valence-electron chi connectivity index (χ0n) is 10.7. The molecular weight excluding hydrogens is 242 g/mol. The number of furan rings is 1. The van der Waals surface area contributed by atoms with Crippen LogP contribution < -0.4 is 4.90 Å². The Morgan fingerprint density at radius 2 is 2.21 bits per heavy atom. The number of carbonyl (C=O) groups is 1. The fraction of sp³-hybridized carbons (Fsp3) is 0.267. The van der Waals surface area contributed by atoms with Crippen molar-refractivity contribution < 1.29 is 13.9 Å². The lowest BCUT2D eigenvalue weighted by Crippen LogP contribution is -2.43. The van der Waals surface area contributed by atoms with Crippen molar-refractivity contribution in [1.29, 1.82) is 0 Å². The highest BCUT2D eigenvalue weighted by Gasteiger charge is 2.29. The zero-order chi connectivity index (χ0) is 13.2. The molecule has 1 aliphatic heterocycles. The number of amides is 1. The van der Waals surface area contributed by atoms with E-state index >= 15 is 0 Å². The molecule has 1 aromatic heterocycles. The van der Waals surface area contributed by atoms with E-state index in [1.54, 1.807) is 18.1 Å². The third kappa shape index (κ3) is 2.15. The van der Waals surface area contributed by atoms with E-state index in [1.165, 1.54) is 12.5 Å². The number of hydrogen-bond donors (Lipinski definition) is 0. The maximum Gasteiger partial charge on any atom is 0.261 e. The average molecular weight is 257 g/mol.